The summed E-state index contributed by atoms with van der Waals surface area (Å²) >= 11 is 0. The SMILES string of the molecule is COc1ccc(-c2nc(N)nc(N)c2C(C)(C)C)cc1. The molecule has 0 radical (unpaired) electrons. The molecule has 0 bridgehead atoms. The Kier molecular flexibility index (Phi) is 3.53. The fraction of sp³-hybridized carbons (Fsp3) is 0.333. The lowest BCUT2D eigenvalue weighted by Crippen LogP contribution is -2.18. The molecule has 1 aromatic carbocycles. The van der Waals surface area contributed by atoms with Crippen LogP contribution in [0.5, 0.6) is 5.75 Å². The molecular weight excluding hydrogens is 252 g/mol. The van der Waals surface area contributed by atoms with E-state index in [4.69, 9.17) is 16.2 Å². The maximum absolute atomic E-state index is 6.05. The van der Waals surface area contributed by atoms with E-state index in [1.165, 1.54) is 0 Å². The molecule has 0 aliphatic rings. The molecule has 1 aromatic heterocycles. The van der Waals surface area contributed by atoms with Crippen molar-refractivity contribution in [3.63, 3.8) is 0 Å². The highest BCUT2D eigenvalue weighted by atomic mass is 16.5. The van der Waals surface area contributed by atoms with Gasteiger partial charge in [0.25, 0.3) is 0 Å². The maximum Gasteiger partial charge on any atom is 0.222 e. The first-order valence-corrected chi connectivity index (χ1v) is 6.41. The van der Waals surface area contributed by atoms with Crippen molar-refractivity contribution < 1.29 is 4.74 Å². The molecule has 0 aliphatic carbocycles. The Morgan fingerprint density at radius 2 is 1.60 bits per heavy atom. The monoisotopic (exact) mass is 272 g/mol. The molecule has 106 valence electrons. The number of hydrogen-bond acceptors (Lipinski definition) is 5. The minimum Gasteiger partial charge on any atom is -0.497 e. The van der Waals surface area contributed by atoms with Crippen LogP contribution in [0.2, 0.25) is 0 Å². The molecule has 20 heavy (non-hydrogen) atoms. The molecule has 0 atom stereocenters. The standard InChI is InChI=1S/C15H20N4O/c1-15(2,3)11-12(18-14(17)19-13(11)16)9-5-7-10(20-4)8-6-9/h5-8H,1-4H3,(H4,16,17,18,19). The number of aromatic nitrogens is 2. The van der Waals surface area contributed by atoms with Gasteiger partial charge < -0.3 is 16.2 Å². The number of anilines is 2. The van der Waals surface area contributed by atoms with Crippen LogP contribution < -0.4 is 16.2 Å². The minimum absolute atomic E-state index is 0.174. The average molecular weight is 272 g/mol. The van der Waals surface area contributed by atoms with Crippen LogP contribution in [0.25, 0.3) is 11.3 Å². The Labute approximate surface area is 119 Å². The van der Waals surface area contributed by atoms with Crippen molar-refractivity contribution in [3.05, 3.63) is 29.8 Å². The Bertz CT molecular complexity index is 615. The summed E-state index contributed by atoms with van der Waals surface area (Å²) < 4.78 is 5.17. The van der Waals surface area contributed by atoms with Crippen LogP contribution in [0.4, 0.5) is 11.8 Å². The zero-order valence-corrected chi connectivity index (χ0v) is 12.3. The van der Waals surface area contributed by atoms with Crippen molar-refractivity contribution in [2.45, 2.75) is 26.2 Å². The molecule has 0 amide bonds. The van der Waals surface area contributed by atoms with Crippen molar-refractivity contribution in [2.24, 2.45) is 0 Å². The lowest BCUT2D eigenvalue weighted by Gasteiger charge is -2.23. The van der Waals surface area contributed by atoms with Gasteiger partial charge in [0.1, 0.15) is 11.6 Å². The van der Waals surface area contributed by atoms with E-state index in [-0.39, 0.29) is 11.4 Å². The van der Waals surface area contributed by atoms with E-state index >= 15 is 0 Å². The number of nitrogens with two attached hydrogens (primary N) is 2. The molecule has 2 aromatic rings. The van der Waals surface area contributed by atoms with Gasteiger partial charge >= 0.3 is 0 Å². The van der Waals surface area contributed by atoms with Crippen molar-refractivity contribution in [1.29, 1.82) is 0 Å². The van der Waals surface area contributed by atoms with E-state index in [2.05, 4.69) is 30.7 Å². The minimum atomic E-state index is -0.174. The van der Waals surface area contributed by atoms with Crippen LogP contribution in [0.3, 0.4) is 0 Å². The van der Waals surface area contributed by atoms with Crippen molar-refractivity contribution in [1.82, 2.24) is 9.97 Å². The normalized spacial score (nSPS) is 11.4. The molecule has 5 nitrogen and oxygen atoms in total. The lowest BCUT2D eigenvalue weighted by molar-refractivity contribution is 0.415. The topological polar surface area (TPSA) is 87.0 Å². The molecule has 0 saturated carbocycles. The highest BCUT2D eigenvalue weighted by molar-refractivity contribution is 5.71. The highest BCUT2D eigenvalue weighted by Crippen LogP contribution is 2.35. The number of hydrogen-bond donors (Lipinski definition) is 2. The number of nitrogens with zero attached hydrogens (tertiary/aromatic N) is 2. The van der Waals surface area contributed by atoms with Crippen molar-refractivity contribution in [3.8, 4) is 17.0 Å². The van der Waals surface area contributed by atoms with E-state index in [1.54, 1.807) is 7.11 Å². The first-order valence-electron chi connectivity index (χ1n) is 6.41. The fourth-order valence-electron chi connectivity index (χ4n) is 2.19. The van der Waals surface area contributed by atoms with Gasteiger partial charge in [-0.25, -0.2) is 4.98 Å². The van der Waals surface area contributed by atoms with E-state index in [1.807, 2.05) is 24.3 Å². The highest BCUT2D eigenvalue weighted by Gasteiger charge is 2.24. The average Bonchev–Trinajstić information content (AvgIpc) is 2.36. The predicted octanol–water partition coefficient (Wildman–Crippen LogP) is 2.61. The number of nitrogen functional groups attached to an aromatic ring is 2. The molecule has 0 unspecified atom stereocenters. The van der Waals surface area contributed by atoms with E-state index < -0.39 is 0 Å². The Morgan fingerprint density at radius 1 is 1.00 bits per heavy atom. The largest absolute Gasteiger partial charge is 0.497 e. The second-order valence-corrected chi connectivity index (χ2v) is 5.67. The summed E-state index contributed by atoms with van der Waals surface area (Å²) in [6, 6.07) is 7.65. The van der Waals surface area contributed by atoms with Crippen LogP contribution in [0.15, 0.2) is 24.3 Å². The Morgan fingerprint density at radius 3 is 2.10 bits per heavy atom. The Hall–Kier alpha value is -2.30. The van der Waals surface area contributed by atoms with Gasteiger partial charge in [-0.2, -0.15) is 4.98 Å². The first-order chi connectivity index (χ1) is 9.32. The number of methoxy groups -OCH3 is 1. The number of rotatable bonds is 2. The third kappa shape index (κ3) is 2.66. The quantitative estimate of drug-likeness (QED) is 0.877. The van der Waals surface area contributed by atoms with Gasteiger partial charge in [-0.15, -0.1) is 0 Å². The molecule has 5 heteroatoms. The molecule has 1 heterocycles. The first kappa shape index (κ1) is 14.1. The maximum atomic E-state index is 6.05. The summed E-state index contributed by atoms with van der Waals surface area (Å²) in [6.07, 6.45) is 0. The van der Waals surface area contributed by atoms with Gasteiger partial charge in [0.05, 0.1) is 12.8 Å². The molecular formula is C15H20N4O. The molecule has 0 fully saturated rings. The van der Waals surface area contributed by atoms with Gasteiger partial charge in [-0.1, -0.05) is 20.8 Å². The van der Waals surface area contributed by atoms with Crippen LogP contribution in [-0.4, -0.2) is 17.1 Å². The smallest absolute Gasteiger partial charge is 0.222 e. The van der Waals surface area contributed by atoms with Crippen LogP contribution >= 0.6 is 0 Å². The molecule has 0 saturated heterocycles. The van der Waals surface area contributed by atoms with Gasteiger partial charge in [0, 0.05) is 11.1 Å². The van der Waals surface area contributed by atoms with E-state index in [9.17, 15) is 0 Å². The zero-order valence-electron chi connectivity index (χ0n) is 12.3. The summed E-state index contributed by atoms with van der Waals surface area (Å²) in [5.74, 6) is 1.40. The van der Waals surface area contributed by atoms with Crippen LogP contribution in [-0.2, 0) is 5.41 Å². The second kappa shape index (κ2) is 5.00. The Balaban J connectivity index is 2.65. The van der Waals surface area contributed by atoms with E-state index in [0.717, 1.165) is 22.6 Å². The molecule has 4 N–H and O–H groups in total. The molecule has 2 rings (SSSR count). The lowest BCUT2D eigenvalue weighted by atomic mass is 9.84. The summed E-state index contributed by atoms with van der Waals surface area (Å²) in [5.41, 5.74) is 14.2. The summed E-state index contributed by atoms with van der Waals surface area (Å²) in [5, 5.41) is 0. The van der Waals surface area contributed by atoms with Gasteiger partial charge in [0.2, 0.25) is 5.95 Å². The van der Waals surface area contributed by atoms with Gasteiger partial charge in [-0.3, -0.25) is 0 Å². The second-order valence-electron chi connectivity index (χ2n) is 5.67. The van der Waals surface area contributed by atoms with E-state index in [0.29, 0.717) is 5.82 Å². The van der Waals surface area contributed by atoms with Gasteiger partial charge in [-0.05, 0) is 29.7 Å². The van der Waals surface area contributed by atoms with Crippen LogP contribution in [0, 0.1) is 0 Å². The predicted molar refractivity (Wildman–Crippen MR) is 81.5 cm³/mol. The number of benzene rings is 1. The molecule has 0 aliphatic heterocycles. The summed E-state index contributed by atoms with van der Waals surface area (Å²) in [7, 11) is 1.64. The third-order valence-corrected chi connectivity index (χ3v) is 3.07. The van der Waals surface area contributed by atoms with Crippen molar-refractivity contribution in [2.75, 3.05) is 18.6 Å². The summed E-state index contributed by atoms with van der Waals surface area (Å²) in [6.45, 7) is 6.22. The fourth-order valence-corrected chi connectivity index (χ4v) is 2.19. The summed E-state index contributed by atoms with van der Waals surface area (Å²) in [4.78, 5) is 8.45. The van der Waals surface area contributed by atoms with Crippen LogP contribution in [0.1, 0.15) is 26.3 Å². The number of ether oxygens (including phenoxy) is 1. The third-order valence-electron chi connectivity index (χ3n) is 3.07. The van der Waals surface area contributed by atoms with Gasteiger partial charge in [0.15, 0.2) is 0 Å². The van der Waals surface area contributed by atoms with Crippen molar-refractivity contribution >= 4 is 11.8 Å². The molecule has 0 spiro atoms. The zero-order chi connectivity index (χ0) is 14.9.